The number of hydrogen-bond donors (Lipinski definition) is 1. The number of benzene rings is 1. The molecule has 1 aromatic carbocycles. The van der Waals surface area contributed by atoms with Gasteiger partial charge in [-0.15, -0.1) is 0 Å². The molecule has 4 rings (SSSR count). The quantitative estimate of drug-likeness (QED) is 0.558. The molecule has 0 unspecified atom stereocenters. The summed E-state index contributed by atoms with van der Waals surface area (Å²) in [5.41, 5.74) is 0.756. The minimum Gasteiger partial charge on any atom is -0.504 e. The monoisotopic (exact) mass is 425 g/mol. The largest absolute Gasteiger partial charge is 0.504 e. The maximum absolute atomic E-state index is 9.99. The van der Waals surface area contributed by atoms with E-state index < -0.39 is 0 Å². The van der Waals surface area contributed by atoms with Crippen molar-refractivity contribution in [3.8, 4) is 11.5 Å². The fourth-order valence-corrected chi connectivity index (χ4v) is 3.95. The Morgan fingerprint density at radius 2 is 1.52 bits per heavy atom. The predicted molar refractivity (Wildman–Crippen MR) is 123 cm³/mol. The molecule has 0 atom stereocenters. The number of hydrazone groups is 1. The third-order valence-electron chi connectivity index (χ3n) is 5.75. The molecule has 166 valence electrons. The Labute approximate surface area is 183 Å². The number of anilines is 3. The summed E-state index contributed by atoms with van der Waals surface area (Å²) in [6.07, 6.45) is 8.83. The third kappa shape index (κ3) is 5.15. The first kappa shape index (κ1) is 21.1. The van der Waals surface area contributed by atoms with Gasteiger partial charge in [0.1, 0.15) is 0 Å². The molecule has 9 nitrogen and oxygen atoms in total. The molecule has 2 fully saturated rings. The van der Waals surface area contributed by atoms with Gasteiger partial charge < -0.3 is 19.6 Å². The molecule has 2 aliphatic heterocycles. The SMILES string of the molecule is COc1ccc(/C=N\N(C)c2nc(N3CCCCC3)nc(N3CCCCC3)n2)cc1O. The highest BCUT2D eigenvalue weighted by Gasteiger charge is 2.21. The second kappa shape index (κ2) is 9.80. The number of rotatable bonds is 6. The van der Waals surface area contributed by atoms with Crippen LogP contribution in [-0.2, 0) is 0 Å². The zero-order chi connectivity index (χ0) is 21.6. The number of nitrogens with zero attached hydrogens (tertiary/aromatic N) is 7. The van der Waals surface area contributed by atoms with Gasteiger partial charge in [-0.3, -0.25) is 0 Å². The summed E-state index contributed by atoms with van der Waals surface area (Å²) in [5, 5.41) is 16.1. The van der Waals surface area contributed by atoms with Crippen molar-refractivity contribution in [1.29, 1.82) is 0 Å². The summed E-state index contributed by atoms with van der Waals surface area (Å²) in [5.74, 6) is 2.49. The van der Waals surface area contributed by atoms with E-state index in [9.17, 15) is 5.11 Å². The van der Waals surface area contributed by atoms with E-state index in [4.69, 9.17) is 19.7 Å². The first-order valence-electron chi connectivity index (χ1n) is 11.0. The highest BCUT2D eigenvalue weighted by molar-refractivity contribution is 5.81. The van der Waals surface area contributed by atoms with Gasteiger partial charge in [0.15, 0.2) is 11.5 Å². The number of methoxy groups -OCH3 is 1. The van der Waals surface area contributed by atoms with Crippen LogP contribution in [0.15, 0.2) is 23.3 Å². The lowest BCUT2D eigenvalue weighted by Gasteiger charge is -2.30. The number of piperidine rings is 2. The Kier molecular flexibility index (Phi) is 6.69. The van der Waals surface area contributed by atoms with Crippen LogP contribution >= 0.6 is 0 Å². The van der Waals surface area contributed by atoms with Crippen molar-refractivity contribution < 1.29 is 9.84 Å². The average molecular weight is 426 g/mol. The topological polar surface area (TPSA) is 90.2 Å². The van der Waals surface area contributed by atoms with E-state index >= 15 is 0 Å². The summed E-state index contributed by atoms with van der Waals surface area (Å²) in [4.78, 5) is 18.8. The number of aromatic nitrogens is 3. The van der Waals surface area contributed by atoms with Crippen LogP contribution in [0.4, 0.5) is 17.8 Å². The van der Waals surface area contributed by atoms with Crippen molar-refractivity contribution in [1.82, 2.24) is 15.0 Å². The number of phenols is 1. The Morgan fingerprint density at radius 1 is 0.935 bits per heavy atom. The summed E-state index contributed by atoms with van der Waals surface area (Å²) >= 11 is 0. The van der Waals surface area contributed by atoms with Crippen LogP contribution in [0.5, 0.6) is 11.5 Å². The highest BCUT2D eigenvalue weighted by Crippen LogP contribution is 2.26. The van der Waals surface area contributed by atoms with Crippen molar-refractivity contribution in [3.05, 3.63) is 23.8 Å². The summed E-state index contributed by atoms with van der Waals surface area (Å²) in [6.45, 7) is 3.89. The summed E-state index contributed by atoms with van der Waals surface area (Å²) < 4.78 is 5.10. The minimum atomic E-state index is 0.0778. The van der Waals surface area contributed by atoms with Crippen molar-refractivity contribution in [2.75, 3.05) is 55.1 Å². The van der Waals surface area contributed by atoms with E-state index in [0.717, 1.165) is 69.3 Å². The first-order valence-corrected chi connectivity index (χ1v) is 11.0. The van der Waals surface area contributed by atoms with E-state index in [0.29, 0.717) is 11.7 Å². The van der Waals surface area contributed by atoms with Gasteiger partial charge >= 0.3 is 0 Å². The van der Waals surface area contributed by atoms with Gasteiger partial charge in [-0.05, 0) is 62.3 Å². The van der Waals surface area contributed by atoms with Crippen LogP contribution in [0.1, 0.15) is 44.1 Å². The van der Waals surface area contributed by atoms with E-state index in [-0.39, 0.29) is 5.75 Å². The number of aromatic hydroxyl groups is 1. The Morgan fingerprint density at radius 3 is 2.03 bits per heavy atom. The Balaban J connectivity index is 1.59. The maximum Gasteiger partial charge on any atom is 0.252 e. The summed E-state index contributed by atoms with van der Waals surface area (Å²) in [7, 11) is 3.35. The predicted octanol–water partition coefficient (Wildman–Crippen LogP) is 3.04. The maximum atomic E-state index is 9.99. The molecule has 1 N–H and O–H groups in total. The fraction of sp³-hybridized carbons (Fsp3) is 0.545. The number of hydrogen-bond acceptors (Lipinski definition) is 9. The van der Waals surface area contributed by atoms with Crippen molar-refractivity contribution in [3.63, 3.8) is 0 Å². The molecule has 2 aliphatic rings. The smallest absolute Gasteiger partial charge is 0.252 e. The second-order valence-corrected chi connectivity index (χ2v) is 8.03. The lowest BCUT2D eigenvalue weighted by atomic mass is 10.1. The van der Waals surface area contributed by atoms with Gasteiger partial charge in [-0.2, -0.15) is 20.1 Å². The molecule has 2 aromatic rings. The zero-order valence-corrected chi connectivity index (χ0v) is 18.4. The molecule has 0 spiro atoms. The normalized spacial score (nSPS) is 17.2. The highest BCUT2D eigenvalue weighted by atomic mass is 16.5. The first-order chi connectivity index (χ1) is 15.1. The van der Waals surface area contributed by atoms with Crippen LogP contribution in [0.2, 0.25) is 0 Å². The molecule has 3 heterocycles. The molecular weight excluding hydrogens is 394 g/mol. The fourth-order valence-electron chi connectivity index (χ4n) is 3.95. The zero-order valence-electron chi connectivity index (χ0n) is 18.4. The molecule has 0 aliphatic carbocycles. The van der Waals surface area contributed by atoms with Gasteiger partial charge in [0.05, 0.1) is 13.3 Å². The van der Waals surface area contributed by atoms with Crippen LogP contribution in [0.25, 0.3) is 0 Å². The van der Waals surface area contributed by atoms with E-state index in [1.807, 2.05) is 13.1 Å². The van der Waals surface area contributed by atoms with Crippen molar-refractivity contribution in [2.45, 2.75) is 38.5 Å². The molecule has 0 amide bonds. The second-order valence-electron chi connectivity index (χ2n) is 8.03. The van der Waals surface area contributed by atoms with Crippen LogP contribution in [0, 0.1) is 0 Å². The van der Waals surface area contributed by atoms with Crippen LogP contribution in [0.3, 0.4) is 0 Å². The molecule has 0 radical (unpaired) electrons. The Hall–Kier alpha value is -3.10. The molecule has 0 saturated carbocycles. The third-order valence-corrected chi connectivity index (χ3v) is 5.75. The molecule has 31 heavy (non-hydrogen) atoms. The standard InChI is InChI=1S/C22H31N7O2/c1-27(23-16-17-9-10-19(31-2)18(30)15-17)20-24-21(28-11-5-3-6-12-28)26-22(25-20)29-13-7-4-8-14-29/h9-10,15-16,30H,3-8,11-14H2,1-2H3/b23-16-. The number of phenolic OH excluding ortho intramolecular Hbond substituents is 1. The van der Waals surface area contributed by atoms with Crippen LogP contribution < -0.4 is 19.5 Å². The molecule has 0 bridgehead atoms. The van der Waals surface area contributed by atoms with Crippen molar-refractivity contribution >= 4 is 24.1 Å². The van der Waals surface area contributed by atoms with Gasteiger partial charge in [0.25, 0.3) is 5.95 Å². The Bertz CT molecular complexity index is 872. The van der Waals surface area contributed by atoms with E-state index in [2.05, 4.69) is 14.9 Å². The average Bonchev–Trinajstić information content (AvgIpc) is 2.83. The molecular formula is C22H31N7O2. The molecule has 9 heteroatoms. The van der Waals surface area contributed by atoms with Gasteiger partial charge in [0.2, 0.25) is 11.9 Å². The lowest BCUT2D eigenvalue weighted by Crippen LogP contribution is -2.35. The van der Waals surface area contributed by atoms with Gasteiger partial charge in [-0.1, -0.05) is 0 Å². The number of ether oxygens (including phenoxy) is 1. The van der Waals surface area contributed by atoms with Crippen LogP contribution in [-0.4, -0.2) is 66.6 Å². The van der Waals surface area contributed by atoms with E-state index in [1.54, 1.807) is 23.4 Å². The van der Waals surface area contributed by atoms with E-state index in [1.165, 1.54) is 20.0 Å². The van der Waals surface area contributed by atoms with Gasteiger partial charge in [-0.25, -0.2) is 5.01 Å². The summed E-state index contributed by atoms with van der Waals surface area (Å²) in [6, 6.07) is 5.16. The minimum absolute atomic E-state index is 0.0778. The lowest BCUT2D eigenvalue weighted by molar-refractivity contribution is 0.373. The van der Waals surface area contributed by atoms with Gasteiger partial charge in [0, 0.05) is 33.2 Å². The molecule has 2 saturated heterocycles. The van der Waals surface area contributed by atoms with Crippen molar-refractivity contribution in [2.24, 2.45) is 5.10 Å². The molecule has 1 aromatic heterocycles.